The van der Waals surface area contributed by atoms with Gasteiger partial charge in [-0.1, -0.05) is 24.3 Å². The molecule has 29 heavy (non-hydrogen) atoms. The van der Waals surface area contributed by atoms with E-state index in [0.717, 1.165) is 17.0 Å². The van der Waals surface area contributed by atoms with Crippen LogP contribution < -0.4 is 15.6 Å². The molecule has 1 unspecified atom stereocenters. The number of aromatic amines is 1. The Labute approximate surface area is 169 Å². The highest BCUT2D eigenvalue weighted by Crippen LogP contribution is 2.39. The molecule has 1 atom stereocenters. The first-order valence-electron chi connectivity index (χ1n) is 9.73. The molecule has 0 saturated carbocycles. The van der Waals surface area contributed by atoms with E-state index in [9.17, 15) is 9.59 Å². The summed E-state index contributed by atoms with van der Waals surface area (Å²) < 4.78 is 7.51. The van der Waals surface area contributed by atoms with Crippen LogP contribution in [0.1, 0.15) is 53.5 Å². The lowest BCUT2D eigenvalue weighted by molar-refractivity contribution is 0.0619. The van der Waals surface area contributed by atoms with Crippen LogP contribution in [0.2, 0.25) is 0 Å². The number of hydrogen-bond donors (Lipinski definition) is 2. The van der Waals surface area contributed by atoms with Gasteiger partial charge >= 0.3 is 0 Å². The molecule has 2 N–H and O–H groups in total. The second kappa shape index (κ2) is 6.95. The number of H-pyrrole nitrogens is 1. The quantitative estimate of drug-likeness (QED) is 0.713. The zero-order valence-corrected chi connectivity index (χ0v) is 17.1. The molecule has 0 spiro atoms. The van der Waals surface area contributed by atoms with Crippen molar-refractivity contribution in [1.82, 2.24) is 15.1 Å². The van der Waals surface area contributed by atoms with Gasteiger partial charge in [-0.05, 0) is 52.0 Å². The molecule has 2 aromatic carbocycles. The number of amides is 1. The third-order valence-corrected chi connectivity index (χ3v) is 5.41. The maximum absolute atomic E-state index is 13.0. The van der Waals surface area contributed by atoms with Gasteiger partial charge in [0.2, 0.25) is 0 Å². The van der Waals surface area contributed by atoms with Crippen LogP contribution in [0, 0.1) is 13.8 Å². The Bertz CT molecular complexity index is 1140. The van der Waals surface area contributed by atoms with Crippen LogP contribution in [-0.4, -0.2) is 21.3 Å². The zero-order valence-electron chi connectivity index (χ0n) is 17.1. The van der Waals surface area contributed by atoms with E-state index in [1.807, 2.05) is 45.0 Å². The van der Waals surface area contributed by atoms with Crippen molar-refractivity contribution in [2.45, 2.75) is 45.8 Å². The summed E-state index contributed by atoms with van der Waals surface area (Å²) >= 11 is 0. The number of para-hydroxylation sites is 1. The van der Waals surface area contributed by atoms with Crippen molar-refractivity contribution in [2.24, 2.45) is 0 Å². The number of hydrogen-bond acceptors (Lipinski definition) is 3. The maximum Gasteiger partial charge on any atom is 0.274 e. The fraction of sp³-hybridized carbons (Fsp3) is 0.304. The van der Waals surface area contributed by atoms with Crippen LogP contribution in [0.5, 0.6) is 5.75 Å². The van der Waals surface area contributed by atoms with Gasteiger partial charge < -0.3 is 10.1 Å². The topological polar surface area (TPSA) is 76.1 Å². The molecule has 0 fully saturated rings. The molecule has 3 aromatic rings. The summed E-state index contributed by atoms with van der Waals surface area (Å²) in [5.74, 6) is 0.615. The van der Waals surface area contributed by atoms with Gasteiger partial charge in [0.25, 0.3) is 11.5 Å². The van der Waals surface area contributed by atoms with Crippen molar-refractivity contribution in [3.05, 3.63) is 81.3 Å². The Hall–Kier alpha value is -3.28. The first kappa shape index (κ1) is 19.1. The number of rotatable bonds is 3. The smallest absolute Gasteiger partial charge is 0.274 e. The van der Waals surface area contributed by atoms with Gasteiger partial charge in [-0.2, -0.15) is 0 Å². The summed E-state index contributed by atoms with van der Waals surface area (Å²) in [7, 11) is 0. The van der Waals surface area contributed by atoms with E-state index in [-0.39, 0.29) is 23.1 Å². The van der Waals surface area contributed by atoms with Crippen molar-refractivity contribution in [3.8, 4) is 11.4 Å². The number of aryl methyl sites for hydroxylation is 1. The summed E-state index contributed by atoms with van der Waals surface area (Å²) in [4.78, 5) is 25.4. The molecule has 150 valence electrons. The molecule has 0 bridgehead atoms. The average Bonchev–Trinajstić information content (AvgIpc) is 2.94. The predicted octanol–water partition coefficient (Wildman–Crippen LogP) is 3.81. The summed E-state index contributed by atoms with van der Waals surface area (Å²) in [6.45, 7) is 7.68. The van der Waals surface area contributed by atoms with Crippen LogP contribution in [0.4, 0.5) is 0 Å². The predicted molar refractivity (Wildman–Crippen MR) is 112 cm³/mol. The summed E-state index contributed by atoms with van der Waals surface area (Å²) in [6.07, 6.45) is 0.671. The van der Waals surface area contributed by atoms with E-state index in [1.54, 1.807) is 31.2 Å². The van der Waals surface area contributed by atoms with Crippen molar-refractivity contribution < 1.29 is 9.53 Å². The summed E-state index contributed by atoms with van der Waals surface area (Å²) in [5.41, 5.74) is 3.10. The minimum Gasteiger partial charge on any atom is -0.487 e. The van der Waals surface area contributed by atoms with Gasteiger partial charge in [0.05, 0.1) is 11.7 Å². The van der Waals surface area contributed by atoms with Crippen LogP contribution in [0.15, 0.2) is 53.3 Å². The molecule has 1 aliphatic rings. The first-order chi connectivity index (χ1) is 13.7. The number of carbonyl (C=O) groups excluding carboxylic acids is 1. The summed E-state index contributed by atoms with van der Waals surface area (Å²) in [5, 5.41) is 6.20. The maximum atomic E-state index is 13.0. The standard InChI is InChI=1S/C23H25N3O3/c1-14-15(2)25-26(22(14)28)17-9-7-8-16(12-17)21(27)24-19-13-23(3,4)29-20-11-6-5-10-18(19)20/h5-12,19,25H,13H2,1-4H3,(H,24,27). The van der Waals surface area contributed by atoms with E-state index in [2.05, 4.69) is 10.4 Å². The molecule has 4 rings (SSSR count). The van der Waals surface area contributed by atoms with E-state index < -0.39 is 0 Å². The third-order valence-electron chi connectivity index (χ3n) is 5.41. The van der Waals surface area contributed by atoms with Crippen LogP contribution >= 0.6 is 0 Å². The van der Waals surface area contributed by atoms with Gasteiger partial charge in [0, 0.05) is 28.8 Å². The second-order valence-corrected chi connectivity index (χ2v) is 8.18. The van der Waals surface area contributed by atoms with E-state index >= 15 is 0 Å². The lowest BCUT2D eigenvalue weighted by Gasteiger charge is -2.37. The largest absolute Gasteiger partial charge is 0.487 e. The molecule has 6 heteroatoms. The average molecular weight is 391 g/mol. The Balaban J connectivity index is 1.63. The van der Waals surface area contributed by atoms with Gasteiger partial charge in [-0.3, -0.25) is 14.7 Å². The lowest BCUT2D eigenvalue weighted by atomic mass is 9.89. The summed E-state index contributed by atoms with van der Waals surface area (Å²) in [6, 6.07) is 14.7. The minimum absolute atomic E-state index is 0.111. The Kier molecular flexibility index (Phi) is 4.57. The van der Waals surface area contributed by atoms with Crippen molar-refractivity contribution >= 4 is 5.91 Å². The monoisotopic (exact) mass is 391 g/mol. The number of ether oxygens (including phenoxy) is 1. The molecule has 0 saturated heterocycles. The molecule has 1 aromatic heterocycles. The number of benzene rings is 2. The molecule has 1 amide bonds. The van der Waals surface area contributed by atoms with Crippen molar-refractivity contribution in [2.75, 3.05) is 0 Å². The van der Waals surface area contributed by atoms with Crippen LogP contribution in [0.3, 0.4) is 0 Å². The fourth-order valence-electron chi connectivity index (χ4n) is 3.77. The third kappa shape index (κ3) is 3.58. The number of fused-ring (bicyclic) bond motifs is 1. The van der Waals surface area contributed by atoms with E-state index in [1.165, 1.54) is 4.68 Å². The van der Waals surface area contributed by atoms with E-state index in [4.69, 9.17) is 4.74 Å². The molecule has 0 radical (unpaired) electrons. The van der Waals surface area contributed by atoms with E-state index in [0.29, 0.717) is 23.2 Å². The minimum atomic E-state index is -0.374. The Morgan fingerprint density at radius 3 is 2.66 bits per heavy atom. The second-order valence-electron chi connectivity index (χ2n) is 8.18. The zero-order chi connectivity index (χ0) is 20.8. The highest BCUT2D eigenvalue weighted by molar-refractivity contribution is 5.95. The highest BCUT2D eigenvalue weighted by atomic mass is 16.5. The lowest BCUT2D eigenvalue weighted by Crippen LogP contribution is -2.41. The number of aromatic nitrogens is 2. The normalized spacial score (nSPS) is 17.3. The molecule has 2 heterocycles. The molecule has 6 nitrogen and oxygen atoms in total. The Morgan fingerprint density at radius 2 is 1.93 bits per heavy atom. The van der Waals surface area contributed by atoms with Gasteiger partial charge in [-0.15, -0.1) is 0 Å². The van der Waals surface area contributed by atoms with Gasteiger partial charge in [0.1, 0.15) is 11.4 Å². The first-order valence-corrected chi connectivity index (χ1v) is 9.73. The van der Waals surface area contributed by atoms with Gasteiger partial charge in [0.15, 0.2) is 0 Å². The number of carbonyl (C=O) groups is 1. The number of nitrogens with zero attached hydrogens (tertiary/aromatic N) is 1. The van der Waals surface area contributed by atoms with Crippen LogP contribution in [0.25, 0.3) is 5.69 Å². The van der Waals surface area contributed by atoms with Crippen molar-refractivity contribution in [3.63, 3.8) is 0 Å². The van der Waals surface area contributed by atoms with Gasteiger partial charge in [-0.25, -0.2) is 4.68 Å². The Morgan fingerprint density at radius 1 is 1.17 bits per heavy atom. The SMILES string of the molecule is Cc1[nH]n(-c2cccc(C(=O)NC3CC(C)(C)Oc4ccccc43)c2)c(=O)c1C. The molecule has 0 aliphatic carbocycles. The van der Waals surface area contributed by atoms with Crippen molar-refractivity contribution in [1.29, 1.82) is 0 Å². The highest BCUT2D eigenvalue weighted by Gasteiger charge is 2.34. The number of nitrogens with one attached hydrogen (secondary N) is 2. The fourth-order valence-corrected chi connectivity index (χ4v) is 3.77. The van der Waals surface area contributed by atoms with Crippen LogP contribution in [-0.2, 0) is 0 Å². The molecule has 1 aliphatic heterocycles. The molecular weight excluding hydrogens is 366 g/mol. The molecular formula is C23H25N3O3.